The summed E-state index contributed by atoms with van der Waals surface area (Å²) in [5.41, 5.74) is 1.75. The van der Waals surface area contributed by atoms with E-state index in [4.69, 9.17) is 0 Å². The molecule has 0 aliphatic heterocycles. The molecule has 1 fully saturated rings. The van der Waals surface area contributed by atoms with E-state index in [0.29, 0.717) is 18.9 Å². The minimum absolute atomic E-state index is 0.0323. The lowest BCUT2D eigenvalue weighted by Crippen LogP contribution is -2.45. The molecule has 0 bridgehead atoms. The third-order valence-electron chi connectivity index (χ3n) is 4.56. The van der Waals surface area contributed by atoms with Crippen molar-refractivity contribution in [3.8, 4) is 0 Å². The molecule has 2 N–H and O–H groups in total. The molecule has 2 unspecified atom stereocenters. The van der Waals surface area contributed by atoms with Crippen molar-refractivity contribution in [2.75, 3.05) is 6.54 Å². The Hall–Kier alpha value is -1.35. The summed E-state index contributed by atoms with van der Waals surface area (Å²) in [6, 6.07) is 8.16. The van der Waals surface area contributed by atoms with Gasteiger partial charge in [0.1, 0.15) is 0 Å². The van der Waals surface area contributed by atoms with Crippen molar-refractivity contribution in [2.45, 2.75) is 58.0 Å². The van der Waals surface area contributed by atoms with Gasteiger partial charge in [0, 0.05) is 13.0 Å². The van der Waals surface area contributed by atoms with Crippen molar-refractivity contribution < 1.29 is 9.90 Å². The Morgan fingerprint density at radius 1 is 1.43 bits per heavy atom. The molecule has 0 saturated heterocycles. The number of carbonyl (C=O) groups excluding carboxylic acids is 1. The molecule has 1 saturated carbocycles. The van der Waals surface area contributed by atoms with Gasteiger partial charge in [-0.3, -0.25) is 4.79 Å². The van der Waals surface area contributed by atoms with Crippen LogP contribution in [-0.2, 0) is 11.2 Å². The first-order chi connectivity index (χ1) is 9.98. The van der Waals surface area contributed by atoms with Crippen molar-refractivity contribution in [2.24, 2.45) is 5.92 Å². The number of aryl methyl sites for hydroxylation is 2. The predicted molar refractivity (Wildman–Crippen MR) is 85.1 cm³/mol. The van der Waals surface area contributed by atoms with E-state index in [-0.39, 0.29) is 5.91 Å². The van der Waals surface area contributed by atoms with Crippen LogP contribution in [0.2, 0.25) is 0 Å². The monoisotopic (exact) mass is 289 g/mol. The van der Waals surface area contributed by atoms with Crippen LogP contribution in [0.5, 0.6) is 0 Å². The largest absolute Gasteiger partial charge is 0.388 e. The molecule has 2 atom stereocenters. The fraction of sp³-hybridized carbons (Fsp3) is 0.611. The summed E-state index contributed by atoms with van der Waals surface area (Å²) < 4.78 is 0. The maximum Gasteiger partial charge on any atom is 0.220 e. The molecule has 1 aliphatic carbocycles. The van der Waals surface area contributed by atoms with E-state index in [2.05, 4.69) is 31.3 Å². The van der Waals surface area contributed by atoms with Crippen LogP contribution in [-0.4, -0.2) is 23.2 Å². The zero-order chi connectivity index (χ0) is 15.3. The topological polar surface area (TPSA) is 49.3 Å². The number of hydrogen-bond donors (Lipinski definition) is 2. The van der Waals surface area contributed by atoms with Gasteiger partial charge in [-0.25, -0.2) is 0 Å². The Labute approximate surface area is 127 Å². The van der Waals surface area contributed by atoms with E-state index in [9.17, 15) is 9.90 Å². The van der Waals surface area contributed by atoms with Crippen LogP contribution >= 0.6 is 0 Å². The van der Waals surface area contributed by atoms with Gasteiger partial charge in [-0.05, 0) is 43.2 Å². The van der Waals surface area contributed by atoms with Crippen molar-refractivity contribution in [1.82, 2.24) is 5.32 Å². The molecular formula is C18H27NO2. The first kappa shape index (κ1) is 16.0. The third kappa shape index (κ3) is 4.85. The molecule has 0 heterocycles. The van der Waals surface area contributed by atoms with Crippen molar-refractivity contribution in [3.63, 3.8) is 0 Å². The highest BCUT2D eigenvalue weighted by Crippen LogP contribution is 2.31. The van der Waals surface area contributed by atoms with E-state index in [1.165, 1.54) is 17.5 Å². The molecule has 1 aliphatic rings. The average molecular weight is 289 g/mol. The van der Waals surface area contributed by atoms with Crippen LogP contribution in [0.15, 0.2) is 24.3 Å². The first-order valence-electron chi connectivity index (χ1n) is 8.02. The number of amides is 1. The molecule has 116 valence electrons. The summed E-state index contributed by atoms with van der Waals surface area (Å²) in [6.07, 6.45) is 5.07. The summed E-state index contributed by atoms with van der Waals surface area (Å²) in [5, 5.41) is 13.4. The maximum atomic E-state index is 12.0. The van der Waals surface area contributed by atoms with E-state index < -0.39 is 5.60 Å². The normalized spacial score (nSPS) is 25.6. The Kier molecular flexibility index (Phi) is 5.40. The van der Waals surface area contributed by atoms with Crippen LogP contribution in [0.25, 0.3) is 0 Å². The SMILES string of the molecule is Cc1ccccc1CCC(=O)NCC1(O)CCCC(C)C1. The molecule has 0 spiro atoms. The molecule has 0 radical (unpaired) electrons. The number of hydrogen-bond acceptors (Lipinski definition) is 2. The second-order valence-corrected chi connectivity index (χ2v) is 6.63. The number of nitrogens with one attached hydrogen (secondary N) is 1. The molecular weight excluding hydrogens is 262 g/mol. The number of rotatable bonds is 5. The van der Waals surface area contributed by atoms with Gasteiger partial charge >= 0.3 is 0 Å². The summed E-state index contributed by atoms with van der Waals surface area (Å²) in [7, 11) is 0. The third-order valence-corrected chi connectivity index (χ3v) is 4.56. The number of benzene rings is 1. The Balaban J connectivity index is 1.76. The summed E-state index contributed by atoms with van der Waals surface area (Å²) in [5.74, 6) is 0.581. The highest BCUT2D eigenvalue weighted by atomic mass is 16.3. The molecule has 1 aromatic rings. The zero-order valence-electron chi connectivity index (χ0n) is 13.2. The second-order valence-electron chi connectivity index (χ2n) is 6.63. The lowest BCUT2D eigenvalue weighted by molar-refractivity contribution is -0.122. The minimum Gasteiger partial charge on any atom is -0.388 e. The molecule has 1 amide bonds. The quantitative estimate of drug-likeness (QED) is 0.875. The van der Waals surface area contributed by atoms with Gasteiger partial charge in [0.2, 0.25) is 5.91 Å². The highest BCUT2D eigenvalue weighted by molar-refractivity contribution is 5.76. The van der Waals surface area contributed by atoms with Crippen LogP contribution in [0.3, 0.4) is 0 Å². The minimum atomic E-state index is -0.698. The maximum absolute atomic E-state index is 12.0. The predicted octanol–water partition coefficient (Wildman–Crippen LogP) is 2.99. The lowest BCUT2D eigenvalue weighted by atomic mass is 9.79. The number of aliphatic hydroxyl groups is 1. The first-order valence-corrected chi connectivity index (χ1v) is 8.02. The van der Waals surface area contributed by atoms with Gasteiger partial charge in [-0.1, -0.05) is 44.0 Å². The second kappa shape index (κ2) is 7.08. The highest BCUT2D eigenvalue weighted by Gasteiger charge is 2.32. The summed E-state index contributed by atoms with van der Waals surface area (Å²) in [6.45, 7) is 4.63. The van der Waals surface area contributed by atoms with Gasteiger partial charge in [0.15, 0.2) is 0 Å². The van der Waals surface area contributed by atoms with Gasteiger partial charge in [0.05, 0.1) is 5.60 Å². The smallest absolute Gasteiger partial charge is 0.220 e. The van der Waals surface area contributed by atoms with Gasteiger partial charge in [-0.2, -0.15) is 0 Å². The average Bonchev–Trinajstić information content (AvgIpc) is 2.44. The van der Waals surface area contributed by atoms with Crippen LogP contribution in [0.4, 0.5) is 0 Å². The Morgan fingerprint density at radius 3 is 2.90 bits per heavy atom. The summed E-state index contributed by atoms with van der Waals surface area (Å²) in [4.78, 5) is 12.0. The fourth-order valence-corrected chi connectivity index (χ4v) is 3.28. The van der Waals surface area contributed by atoms with Gasteiger partial charge < -0.3 is 10.4 Å². The van der Waals surface area contributed by atoms with E-state index in [1.54, 1.807) is 0 Å². The molecule has 0 aromatic heterocycles. The summed E-state index contributed by atoms with van der Waals surface area (Å²) >= 11 is 0. The molecule has 1 aromatic carbocycles. The standard InChI is InChI=1S/C18H27NO2/c1-14-6-5-11-18(21,12-14)13-19-17(20)10-9-16-8-4-3-7-15(16)2/h3-4,7-8,14,21H,5-6,9-13H2,1-2H3,(H,19,20). The van der Waals surface area contributed by atoms with E-state index >= 15 is 0 Å². The lowest BCUT2D eigenvalue weighted by Gasteiger charge is -2.35. The Morgan fingerprint density at radius 2 is 2.19 bits per heavy atom. The Bertz CT molecular complexity index is 486. The van der Waals surface area contributed by atoms with Crippen LogP contribution in [0.1, 0.15) is 50.2 Å². The van der Waals surface area contributed by atoms with Gasteiger partial charge in [0.25, 0.3) is 0 Å². The fourth-order valence-electron chi connectivity index (χ4n) is 3.28. The van der Waals surface area contributed by atoms with Crippen LogP contribution < -0.4 is 5.32 Å². The van der Waals surface area contributed by atoms with E-state index in [1.807, 2.05) is 12.1 Å². The number of carbonyl (C=O) groups is 1. The van der Waals surface area contributed by atoms with Crippen molar-refractivity contribution in [1.29, 1.82) is 0 Å². The molecule has 3 heteroatoms. The molecule has 21 heavy (non-hydrogen) atoms. The van der Waals surface area contributed by atoms with Crippen molar-refractivity contribution >= 4 is 5.91 Å². The van der Waals surface area contributed by atoms with E-state index in [0.717, 1.165) is 25.7 Å². The van der Waals surface area contributed by atoms with Crippen LogP contribution in [0, 0.1) is 12.8 Å². The molecule has 2 rings (SSSR count). The van der Waals surface area contributed by atoms with Crippen molar-refractivity contribution in [3.05, 3.63) is 35.4 Å². The molecule has 3 nitrogen and oxygen atoms in total. The van der Waals surface area contributed by atoms with Gasteiger partial charge in [-0.15, -0.1) is 0 Å². The zero-order valence-corrected chi connectivity index (χ0v) is 13.2.